The molecule has 1 aliphatic heterocycles. The molecule has 0 bridgehead atoms. The second-order valence-corrected chi connectivity index (χ2v) is 10.2. The van der Waals surface area contributed by atoms with Gasteiger partial charge in [0.15, 0.2) is 0 Å². The minimum Gasteiger partial charge on any atom is -0.497 e. The number of ether oxygens (including phenoxy) is 2. The Hall–Kier alpha value is -3.04. The molecule has 10 heteroatoms. The molecule has 1 aliphatic rings. The number of nitrogens with zero attached hydrogens (tertiary/aromatic N) is 2. The van der Waals surface area contributed by atoms with Crippen molar-refractivity contribution in [2.45, 2.75) is 38.3 Å². The molecule has 0 radical (unpaired) electrons. The fourth-order valence-corrected chi connectivity index (χ4v) is 5.45. The van der Waals surface area contributed by atoms with Gasteiger partial charge in [-0.3, -0.25) is 14.7 Å². The molecule has 0 aliphatic carbocycles. The van der Waals surface area contributed by atoms with E-state index in [9.17, 15) is 18.7 Å². The van der Waals surface area contributed by atoms with Gasteiger partial charge in [-0.05, 0) is 62.4 Å². The molecule has 3 aromatic rings. The number of fused-ring (bicyclic) bond motifs is 1. The van der Waals surface area contributed by atoms with Gasteiger partial charge in [0, 0.05) is 41.9 Å². The van der Waals surface area contributed by atoms with E-state index < -0.39 is 29.2 Å². The fourth-order valence-electron chi connectivity index (χ4n) is 5.18. The first kappa shape index (κ1) is 28.0. The summed E-state index contributed by atoms with van der Waals surface area (Å²) in [5.41, 5.74) is 0.390. The molecule has 2 aromatic carbocycles. The van der Waals surface area contributed by atoms with Crippen molar-refractivity contribution in [3.05, 3.63) is 64.8 Å². The van der Waals surface area contributed by atoms with Crippen LogP contribution in [0.15, 0.2) is 42.6 Å². The maximum atomic E-state index is 15.7. The predicted molar refractivity (Wildman–Crippen MR) is 139 cm³/mol. The maximum absolute atomic E-state index is 15.7. The molecule has 6 nitrogen and oxygen atoms in total. The highest BCUT2D eigenvalue weighted by atomic mass is 35.5. The van der Waals surface area contributed by atoms with Gasteiger partial charge in [0.25, 0.3) is 0 Å². The van der Waals surface area contributed by atoms with Crippen molar-refractivity contribution in [3.63, 3.8) is 0 Å². The van der Waals surface area contributed by atoms with Crippen molar-refractivity contribution in [3.8, 4) is 11.5 Å². The topological polar surface area (TPSA) is 71.9 Å². The number of methoxy groups -OCH3 is 1. The number of halogens is 4. The minimum absolute atomic E-state index is 0.0503. The van der Waals surface area contributed by atoms with Crippen LogP contribution in [0.3, 0.4) is 0 Å². The number of carboxylic acids is 1. The third-order valence-corrected chi connectivity index (χ3v) is 7.57. The van der Waals surface area contributed by atoms with Crippen molar-refractivity contribution < 1.29 is 32.5 Å². The fraction of sp³-hybridized carbons (Fsp3) is 0.429. The molecule has 0 unspecified atom stereocenters. The molecule has 0 spiro atoms. The lowest BCUT2D eigenvalue weighted by Gasteiger charge is -2.41. The summed E-state index contributed by atoms with van der Waals surface area (Å²) in [7, 11) is 1.53. The molecule has 204 valence electrons. The minimum atomic E-state index is -1.40. The smallest absolute Gasteiger partial charge is 0.303 e. The highest BCUT2D eigenvalue weighted by molar-refractivity contribution is 6.32. The van der Waals surface area contributed by atoms with Crippen LogP contribution >= 0.6 is 11.6 Å². The summed E-state index contributed by atoms with van der Waals surface area (Å²) in [5, 5.41) is 10.4. The van der Waals surface area contributed by atoms with Crippen LogP contribution in [0.2, 0.25) is 5.02 Å². The third-order valence-electron chi connectivity index (χ3n) is 7.26. The summed E-state index contributed by atoms with van der Waals surface area (Å²) >= 11 is 6.37. The number of aliphatic carboxylic acids is 1. The van der Waals surface area contributed by atoms with Crippen molar-refractivity contribution in [1.82, 2.24) is 9.88 Å². The van der Waals surface area contributed by atoms with Gasteiger partial charge >= 0.3 is 5.97 Å². The molecule has 4 rings (SSSR count). The second-order valence-electron chi connectivity index (χ2n) is 9.77. The first-order valence-corrected chi connectivity index (χ1v) is 12.8. The molecule has 0 saturated carbocycles. The van der Waals surface area contributed by atoms with Gasteiger partial charge in [0.05, 0.1) is 24.1 Å². The van der Waals surface area contributed by atoms with E-state index in [1.54, 1.807) is 18.2 Å². The molecule has 38 heavy (non-hydrogen) atoms. The highest BCUT2D eigenvalue weighted by Crippen LogP contribution is 2.44. The van der Waals surface area contributed by atoms with Crippen molar-refractivity contribution >= 4 is 28.5 Å². The van der Waals surface area contributed by atoms with E-state index >= 15 is 4.39 Å². The lowest BCUT2D eigenvalue weighted by atomic mass is 9.71. The Morgan fingerprint density at radius 1 is 1.16 bits per heavy atom. The van der Waals surface area contributed by atoms with Crippen LogP contribution in [0.25, 0.3) is 10.9 Å². The number of aromatic nitrogens is 1. The number of alkyl halides is 1. The van der Waals surface area contributed by atoms with Gasteiger partial charge in [-0.25, -0.2) is 13.2 Å². The van der Waals surface area contributed by atoms with E-state index in [0.717, 1.165) is 18.2 Å². The molecule has 0 amide bonds. The zero-order chi connectivity index (χ0) is 27.3. The second kappa shape index (κ2) is 12.2. The molecular formula is C28H30ClF3N2O4. The maximum Gasteiger partial charge on any atom is 0.303 e. The van der Waals surface area contributed by atoms with E-state index in [1.807, 2.05) is 0 Å². The molecular weight excluding hydrogens is 521 g/mol. The standard InChI is InChI=1S/C28H30ClF3N2O4/c1-37-20-2-3-25-22(15-20)27(23(29)17-33-25)24(32)4-5-28(16-26(35)36)6-8-34(9-7-28)10-11-38-21-13-18(30)12-19(31)14-21/h2-3,12-15,17,24H,4-11,16H2,1H3,(H,35,36)/t24-/m1/s1. The number of hydrogen-bond donors (Lipinski definition) is 1. The Labute approximate surface area is 224 Å². The van der Waals surface area contributed by atoms with Crippen LogP contribution in [0.5, 0.6) is 11.5 Å². The van der Waals surface area contributed by atoms with Gasteiger partial charge in [-0.1, -0.05) is 11.6 Å². The largest absolute Gasteiger partial charge is 0.497 e. The van der Waals surface area contributed by atoms with Crippen LogP contribution in [0, 0.1) is 17.0 Å². The number of rotatable bonds is 11. The summed E-state index contributed by atoms with van der Waals surface area (Å²) in [5.74, 6) is -1.64. The SMILES string of the molecule is COc1ccc2ncc(Cl)c([C@H](F)CCC3(CC(=O)O)CCN(CCOc4cc(F)cc(F)c4)CC3)c2c1. The summed E-state index contributed by atoms with van der Waals surface area (Å²) < 4.78 is 53.2. The number of carbonyl (C=O) groups is 1. The van der Waals surface area contributed by atoms with Gasteiger partial charge in [0.1, 0.15) is 35.9 Å². The zero-order valence-electron chi connectivity index (χ0n) is 21.1. The van der Waals surface area contributed by atoms with Crippen LogP contribution in [-0.2, 0) is 4.79 Å². The zero-order valence-corrected chi connectivity index (χ0v) is 21.8. The summed E-state index contributed by atoms with van der Waals surface area (Å²) in [6, 6.07) is 8.23. The summed E-state index contributed by atoms with van der Waals surface area (Å²) in [4.78, 5) is 18.1. The first-order valence-electron chi connectivity index (χ1n) is 12.5. The van der Waals surface area contributed by atoms with Gasteiger partial charge in [-0.2, -0.15) is 0 Å². The van der Waals surface area contributed by atoms with Crippen LogP contribution < -0.4 is 9.47 Å². The summed E-state index contributed by atoms with van der Waals surface area (Å²) in [6.45, 7) is 1.98. The Bertz CT molecular complexity index is 1260. The quantitative estimate of drug-likeness (QED) is 0.290. The van der Waals surface area contributed by atoms with Crippen LogP contribution in [0.4, 0.5) is 13.2 Å². The molecule has 1 aromatic heterocycles. The Balaban J connectivity index is 1.38. The number of carboxylic acid groups (broad SMARTS) is 1. The monoisotopic (exact) mass is 550 g/mol. The number of benzene rings is 2. The van der Waals surface area contributed by atoms with Crippen molar-refractivity contribution in [2.75, 3.05) is 33.4 Å². The number of pyridine rings is 1. The number of hydrogen-bond acceptors (Lipinski definition) is 5. The third kappa shape index (κ3) is 6.88. The normalized spacial score (nSPS) is 16.3. The Morgan fingerprint density at radius 2 is 1.87 bits per heavy atom. The van der Waals surface area contributed by atoms with Crippen LogP contribution in [-0.4, -0.2) is 54.3 Å². The summed E-state index contributed by atoms with van der Waals surface area (Å²) in [6.07, 6.45) is 1.66. The Kier molecular flexibility index (Phi) is 8.99. The van der Waals surface area contributed by atoms with Crippen molar-refractivity contribution in [2.24, 2.45) is 5.41 Å². The van der Waals surface area contributed by atoms with E-state index in [1.165, 1.54) is 13.3 Å². The average Bonchev–Trinajstić information content (AvgIpc) is 2.87. The molecule has 1 fully saturated rings. The van der Waals surface area contributed by atoms with Gasteiger partial charge in [0.2, 0.25) is 0 Å². The van der Waals surface area contributed by atoms with E-state index in [-0.39, 0.29) is 30.2 Å². The van der Waals surface area contributed by atoms with E-state index in [4.69, 9.17) is 21.1 Å². The van der Waals surface area contributed by atoms with E-state index in [2.05, 4.69) is 9.88 Å². The number of likely N-dealkylation sites (tertiary alicyclic amines) is 1. The predicted octanol–water partition coefficient (Wildman–Crippen LogP) is 6.60. The average molecular weight is 551 g/mol. The van der Waals surface area contributed by atoms with Gasteiger partial charge < -0.3 is 14.6 Å². The highest BCUT2D eigenvalue weighted by Gasteiger charge is 2.37. The van der Waals surface area contributed by atoms with Crippen molar-refractivity contribution in [1.29, 1.82) is 0 Å². The first-order chi connectivity index (χ1) is 18.2. The molecule has 1 N–H and O–H groups in total. The molecule has 1 atom stereocenters. The van der Waals surface area contributed by atoms with E-state index in [0.29, 0.717) is 61.1 Å². The lowest BCUT2D eigenvalue weighted by Crippen LogP contribution is -2.42. The van der Waals surface area contributed by atoms with Gasteiger partial charge in [-0.15, -0.1) is 0 Å². The molecule has 2 heterocycles. The Morgan fingerprint density at radius 3 is 2.53 bits per heavy atom. The lowest BCUT2D eigenvalue weighted by molar-refractivity contribution is -0.141. The molecule has 1 saturated heterocycles. The van der Waals surface area contributed by atoms with Crippen LogP contribution in [0.1, 0.15) is 43.8 Å². The number of piperidine rings is 1.